The van der Waals surface area contributed by atoms with E-state index < -0.39 is 21.8 Å². The van der Waals surface area contributed by atoms with Gasteiger partial charge in [0.05, 0.1) is 24.1 Å². The van der Waals surface area contributed by atoms with E-state index >= 15 is 0 Å². The van der Waals surface area contributed by atoms with Crippen LogP contribution in [0, 0.1) is 5.82 Å². The first-order valence-electron chi connectivity index (χ1n) is 6.28. The van der Waals surface area contributed by atoms with Crippen LogP contribution in [0.2, 0.25) is 0 Å². The van der Waals surface area contributed by atoms with Gasteiger partial charge in [-0.3, -0.25) is 4.72 Å². The van der Waals surface area contributed by atoms with Crippen LogP contribution in [0.3, 0.4) is 0 Å². The molecule has 0 aliphatic rings. The second-order valence-corrected chi connectivity index (χ2v) is 6.16. The number of benzene rings is 1. The Labute approximate surface area is 118 Å². The fourth-order valence-corrected chi connectivity index (χ4v) is 2.14. The lowest BCUT2D eigenvalue weighted by molar-refractivity contribution is 0.0499. The van der Waals surface area contributed by atoms with Crippen molar-refractivity contribution in [2.24, 2.45) is 0 Å². The number of halogens is 1. The average molecular weight is 303 g/mol. The van der Waals surface area contributed by atoms with E-state index in [1.165, 1.54) is 6.07 Å². The molecule has 0 heterocycles. The first-order valence-corrected chi connectivity index (χ1v) is 8.17. The van der Waals surface area contributed by atoms with Crippen LogP contribution in [-0.4, -0.2) is 27.2 Å². The van der Waals surface area contributed by atoms with E-state index in [0.29, 0.717) is 0 Å². The summed E-state index contributed by atoms with van der Waals surface area (Å²) in [6.45, 7) is 2.28. The van der Waals surface area contributed by atoms with Gasteiger partial charge in [0.15, 0.2) is 0 Å². The Morgan fingerprint density at radius 3 is 2.65 bits per heavy atom. The second kappa shape index (κ2) is 7.23. The van der Waals surface area contributed by atoms with Crippen LogP contribution >= 0.6 is 0 Å². The summed E-state index contributed by atoms with van der Waals surface area (Å²) in [5.41, 5.74) is -0.124. The topological polar surface area (TPSA) is 72.5 Å². The highest BCUT2D eigenvalue weighted by Crippen LogP contribution is 2.19. The summed E-state index contributed by atoms with van der Waals surface area (Å²) < 4.78 is 42.7. The Bertz CT molecular complexity index is 572. The predicted octanol–water partition coefficient (Wildman–Crippen LogP) is 2.54. The Balaban J connectivity index is 2.85. The zero-order chi connectivity index (χ0) is 15.2. The summed E-state index contributed by atoms with van der Waals surface area (Å²) in [4.78, 5) is 11.8. The number of carbonyl (C=O) groups excluding carboxylic acids is 1. The monoisotopic (exact) mass is 303 g/mol. The minimum absolute atomic E-state index is 0.00618. The van der Waals surface area contributed by atoms with Gasteiger partial charge in [-0.15, -0.1) is 0 Å². The SMILES string of the molecule is CCCCCOC(=O)c1ccc(F)cc1NS(C)(=O)=O. The maximum Gasteiger partial charge on any atom is 0.340 e. The summed E-state index contributed by atoms with van der Waals surface area (Å²) in [6.07, 6.45) is 3.59. The number of hydrogen-bond donors (Lipinski definition) is 1. The van der Waals surface area contributed by atoms with E-state index in [1.54, 1.807) is 0 Å². The van der Waals surface area contributed by atoms with Crippen LogP contribution in [0.15, 0.2) is 18.2 Å². The molecule has 0 radical (unpaired) electrons. The highest BCUT2D eigenvalue weighted by molar-refractivity contribution is 7.92. The quantitative estimate of drug-likeness (QED) is 0.620. The lowest BCUT2D eigenvalue weighted by atomic mass is 10.2. The van der Waals surface area contributed by atoms with Crippen LogP contribution < -0.4 is 4.72 Å². The molecule has 1 N–H and O–H groups in total. The van der Waals surface area contributed by atoms with Crippen molar-refractivity contribution in [3.63, 3.8) is 0 Å². The lowest BCUT2D eigenvalue weighted by Gasteiger charge is -2.10. The molecule has 0 fully saturated rings. The Morgan fingerprint density at radius 1 is 1.35 bits per heavy atom. The number of carbonyl (C=O) groups is 1. The number of rotatable bonds is 7. The number of esters is 1. The highest BCUT2D eigenvalue weighted by Gasteiger charge is 2.16. The van der Waals surface area contributed by atoms with E-state index in [0.717, 1.165) is 37.7 Å². The van der Waals surface area contributed by atoms with Gasteiger partial charge < -0.3 is 4.74 Å². The number of hydrogen-bond acceptors (Lipinski definition) is 4. The number of nitrogens with one attached hydrogen (secondary N) is 1. The molecule has 0 aromatic heterocycles. The molecule has 0 atom stereocenters. The van der Waals surface area contributed by atoms with Gasteiger partial charge >= 0.3 is 5.97 Å². The van der Waals surface area contributed by atoms with Crippen LogP contribution in [0.1, 0.15) is 36.5 Å². The van der Waals surface area contributed by atoms with Crippen molar-refractivity contribution < 1.29 is 22.3 Å². The molecule has 0 aliphatic carbocycles. The molecular formula is C13H18FNO4S. The molecule has 0 amide bonds. The summed E-state index contributed by atoms with van der Waals surface area (Å²) >= 11 is 0. The molecule has 1 aromatic rings. The number of ether oxygens (including phenoxy) is 1. The average Bonchev–Trinajstić information content (AvgIpc) is 2.32. The maximum absolute atomic E-state index is 13.2. The lowest BCUT2D eigenvalue weighted by Crippen LogP contribution is -2.15. The minimum atomic E-state index is -3.60. The normalized spacial score (nSPS) is 11.2. The van der Waals surface area contributed by atoms with Gasteiger partial charge in [0.1, 0.15) is 5.82 Å². The third-order valence-electron chi connectivity index (χ3n) is 2.48. The molecule has 112 valence electrons. The molecular weight excluding hydrogens is 285 g/mol. The smallest absolute Gasteiger partial charge is 0.340 e. The Kier molecular flexibility index (Phi) is 5.94. The Morgan fingerprint density at radius 2 is 2.05 bits per heavy atom. The van der Waals surface area contributed by atoms with Gasteiger partial charge in [-0.25, -0.2) is 17.6 Å². The summed E-state index contributed by atoms with van der Waals surface area (Å²) in [7, 11) is -3.60. The van der Waals surface area contributed by atoms with Gasteiger partial charge in [-0.1, -0.05) is 19.8 Å². The van der Waals surface area contributed by atoms with E-state index in [1.807, 2.05) is 6.92 Å². The summed E-state index contributed by atoms with van der Waals surface area (Å²) in [5, 5.41) is 0. The Hall–Kier alpha value is -1.63. The minimum Gasteiger partial charge on any atom is -0.462 e. The van der Waals surface area contributed by atoms with E-state index in [4.69, 9.17) is 4.74 Å². The van der Waals surface area contributed by atoms with Crippen molar-refractivity contribution in [1.29, 1.82) is 0 Å². The number of anilines is 1. The van der Waals surface area contributed by atoms with E-state index in [-0.39, 0.29) is 17.9 Å². The largest absolute Gasteiger partial charge is 0.462 e. The maximum atomic E-state index is 13.2. The number of sulfonamides is 1. The molecule has 0 unspecified atom stereocenters. The van der Waals surface area contributed by atoms with E-state index in [2.05, 4.69) is 4.72 Å². The van der Waals surface area contributed by atoms with Gasteiger partial charge in [-0.05, 0) is 24.6 Å². The highest BCUT2D eigenvalue weighted by atomic mass is 32.2. The molecule has 0 saturated heterocycles. The molecule has 5 nitrogen and oxygen atoms in total. The fraction of sp³-hybridized carbons (Fsp3) is 0.462. The van der Waals surface area contributed by atoms with Crippen molar-refractivity contribution >= 4 is 21.7 Å². The third kappa shape index (κ3) is 5.56. The number of unbranched alkanes of at least 4 members (excludes halogenated alkanes) is 2. The zero-order valence-electron chi connectivity index (χ0n) is 11.5. The van der Waals surface area contributed by atoms with Crippen LogP contribution in [0.25, 0.3) is 0 Å². The molecule has 1 rings (SSSR count). The van der Waals surface area contributed by atoms with Gasteiger partial charge in [-0.2, -0.15) is 0 Å². The fourth-order valence-electron chi connectivity index (χ4n) is 1.57. The molecule has 1 aromatic carbocycles. The molecule has 0 aliphatic heterocycles. The second-order valence-electron chi connectivity index (χ2n) is 4.41. The molecule has 20 heavy (non-hydrogen) atoms. The molecule has 7 heteroatoms. The first kappa shape index (κ1) is 16.4. The van der Waals surface area contributed by atoms with Crippen molar-refractivity contribution in [2.45, 2.75) is 26.2 Å². The van der Waals surface area contributed by atoms with Crippen LogP contribution in [0.4, 0.5) is 10.1 Å². The predicted molar refractivity (Wildman–Crippen MR) is 74.7 cm³/mol. The van der Waals surface area contributed by atoms with Gasteiger partial charge in [0, 0.05) is 0 Å². The standard InChI is InChI=1S/C13H18FNO4S/c1-3-4-5-8-19-13(16)11-7-6-10(14)9-12(11)15-20(2,17)18/h6-7,9,15H,3-5,8H2,1-2H3. The van der Waals surface area contributed by atoms with Crippen molar-refractivity contribution in [1.82, 2.24) is 0 Å². The zero-order valence-corrected chi connectivity index (χ0v) is 12.3. The van der Waals surface area contributed by atoms with Gasteiger partial charge in [0.2, 0.25) is 10.0 Å². The van der Waals surface area contributed by atoms with Crippen molar-refractivity contribution in [2.75, 3.05) is 17.6 Å². The molecule has 0 spiro atoms. The van der Waals surface area contributed by atoms with Crippen molar-refractivity contribution in [3.05, 3.63) is 29.6 Å². The third-order valence-corrected chi connectivity index (χ3v) is 3.07. The molecule has 0 saturated carbocycles. The summed E-state index contributed by atoms with van der Waals surface area (Å²) in [6, 6.07) is 3.23. The van der Waals surface area contributed by atoms with Crippen LogP contribution in [-0.2, 0) is 14.8 Å². The first-order chi connectivity index (χ1) is 9.33. The summed E-state index contributed by atoms with van der Waals surface area (Å²) in [5.74, 6) is -1.31. The van der Waals surface area contributed by atoms with Gasteiger partial charge in [0.25, 0.3) is 0 Å². The van der Waals surface area contributed by atoms with Crippen LogP contribution in [0.5, 0.6) is 0 Å². The van der Waals surface area contributed by atoms with E-state index in [9.17, 15) is 17.6 Å². The molecule has 0 bridgehead atoms. The van der Waals surface area contributed by atoms with Crippen molar-refractivity contribution in [3.8, 4) is 0 Å².